The van der Waals surface area contributed by atoms with Gasteiger partial charge in [0.25, 0.3) is 0 Å². The molecule has 0 aliphatic carbocycles. The van der Waals surface area contributed by atoms with E-state index in [1.165, 1.54) is 24.1 Å². The summed E-state index contributed by atoms with van der Waals surface area (Å²) in [4.78, 5) is 0. The van der Waals surface area contributed by atoms with E-state index in [-0.39, 0.29) is 0 Å². The topological polar surface area (TPSA) is 0 Å². The van der Waals surface area contributed by atoms with Gasteiger partial charge in [-0.1, -0.05) is 12.1 Å². The van der Waals surface area contributed by atoms with Gasteiger partial charge in [-0.15, -0.1) is 11.3 Å². The SMILES string of the molecule is Cc1ccc(C)c2sc(I)cc12. The number of fused-ring (bicyclic) bond motifs is 1. The van der Waals surface area contributed by atoms with Crippen LogP contribution in [0.4, 0.5) is 0 Å². The Hall–Kier alpha value is -0.0900. The van der Waals surface area contributed by atoms with E-state index >= 15 is 0 Å². The van der Waals surface area contributed by atoms with E-state index in [2.05, 4.69) is 54.6 Å². The van der Waals surface area contributed by atoms with Crippen LogP contribution in [0.1, 0.15) is 11.1 Å². The summed E-state index contributed by atoms with van der Waals surface area (Å²) in [6, 6.07) is 6.66. The van der Waals surface area contributed by atoms with Gasteiger partial charge in [-0.05, 0) is 59.0 Å². The summed E-state index contributed by atoms with van der Waals surface area (Å²) in [6.45, 7) is 4.35. The lowest BCUT2D eigenvalue weighted by Gasteiger charge is -1.97. The third-order valence-corrected chi connectivity index (χ3v) is 4.10. The maximum Gasteiger partial charge on any atom is 0.0666 e. The van der Waals surface area contributed by atoms with E-state index in [9.17, 15) is 0 Å². The van der Waals surface area contributed by atoms with Gasteiger partial charge in [0.15, 0.2) is 0 Å². The Kier molecular flexibility index (Phi) is 2.12. The van der Waals surface area contributed by atoms with Crippen molar-refractivity contribution in [2.75, 3.05) is 0 Å². The van der Waals surface area contributed by atoms with Crippen LogP contribution in [0.2, 0.25) is 0 Å². The molecule has 1 aromatic carbocycles. The predicted molar refractivity (Wildman–Crippen MR) is 64.0 cm³/mol. The molecule has 0 saturated heterocycles. The zero-order chi connectivity index (χ0) is 8.72. The van der Waals surface area contributed by atoms with E-state index in [0.717, 1.165) is 0 Å². The maximum atomic E-state index is 2.38. The molecule has 1 heterocycles. The highest BCUT2D eigenvalue weighted by Gasteiger charge is 2.03. The van der Waals surface area contributed by atoms with E-state index in [1.54, 1.807) is 0 Å². The van der Waals surface area contributed by atoms with E-state index in [1.807, 2.05) is 11.3 Å². The minimum atomic E-state index is 1.38. The van der Waals surface area contributed by atoms with Crippen molar-refractivity contribution < 1.29 is 0 Å². The van der Waals surface area contributed by atoms with Crippen LogP contribution >= 0.6 is 33.9 Å². The van der Waals surface area contributed by atoms with E-state index in [4.69, 9.17) is 0 Å². The molecule has 0 aliphatic heterocycles. The van der Waals surface area contributed by atoms with Crippen molar-refractivity contribution in [3.05, 3.63) is 32.2 Å². The molecule has 0 amide bonds. The van der Waals surface area contributed by atoms with Gasteiger partial charge in [-0.25, -0.2) is 0 Å². The number of hydrogen-bond acceptors (Lipinski definition) is 1. The Labute approximate surface area is 89.7 Å². The molecule has 2 rings (SSSR count). The van der Waals surface area contributed by atoms with Crippen LogP contribution in [0.25, 0.3) is 10.1 Å². The molecule has 62 valence electrons. The highest BCUT2D eigenvalue weighted by atomic mass is 127. The van der Waals surface area contributed by atoms with Gasteiger partial charge < -0.3 is 0 Å². The Morgan fingerprint density at radius 3 is 2.50 bits per heavy atom. The van der Waals surface area contributed by atoms with Gasteiger partial charge >= 0.3 is 0 Å². The average molecular weight is 288 g/mol. The summed E-state index contributed by atoms with van der Waals surface area (Å²) in [7, 11) is 0. The number of benzene rings is 1. The fourth-order valence-electron chi connectivity index (χ4n) is 1.36. The van der Waals surface area contributed by atoms with Crippen LogP contribution in [-0.2, 0) is 0 Å². The highest BCUT2D eigenvalue weighted by Crippen LogP contribution is 2.31. The molecular weight excluding hydrogens is 279 g/mol. The second-order valence-corrected chi connectivity index (χ2v) is 5.94. The summed E-state index contributed by atoms with van der Waals surface area (Å²) in [5.41, 5.74) is 2.78. The van der Waals surface area contributed by atoms with Gasteiger partial charge in [0.05, 0.1) is 2.88 Å². The summed E-state index contributed by atoms with van der Waals surface area (Å²) in [5, 5.41) is 1.42. The van der Waals surface area contributed by atoms with E-state index < -0.39 is 0 Å². The molecule has 12 heavy (non-hydrogen) atoms. The predicted octanol–water partition coefficient (Wildman–Crippen LogP) is 4.12. The lowest BCUT2D eigenvalue weighted by molar-refractivity contribution is 1.48. The molecule has 1 aromatic heterocycles. The average Bonchev–Trinajstić information content (AvgIpc) is 2.41. The van der Waals surface area contributed by atoms with Crippen molar-refractivity contribution in [2.45, 2.75) is 13.8 Å². The maximum absolute atomic E-state index is 2.38. The van der Waals surface area contributed by atoms with Gasteiger partial charge in [-0.2, -0.15) is 0 Å². The first-order chi connectivity index (χ1) is 5.68. The lowest BCUT2D eigenvalue weighted by Crippen LogP contribution is -1.75. The summed E-state index contributed by atoms with van der Waals surface area (Å²) in [5.74, 6) is 0. The van der Waals surface area contributed by atoms with Gasteiger partial charge in [-0.3, -0.25) is 0 Å². The molecule has 0 bridgehead atoms. The largest absolute Gasteiger partial charge is 0.129 e. The fraction of sp³-hybridized carbons (Fsp3) is 0.200. The summed E-state index contributed by atoms with van der Waals surface area (Å²) < 4.78 is 2.82. The van der Waals surface area contributed by atoms with Crippen molar-refractivity contribution >= 4 is 44.0 Å². The monoisotopic (exact) mass is 288 g/mol. The molecule has 0 aliphatic rings. The highest BCUT2D eigenvalue weighted by molar-refractivity contribution is 14.1. The second kappa shape index (κ2) is 3.00. The molecule has 0 fully saturated rings. The quantitative estimate of drug-likeness (QED) is 0.640. The van der Waals surface area contributed by atoms with E-state index in [0.29, 0.717) is 0 Å². The van der Waals surface area contributed by atoms with Crippen molar-refractivity contribution in [3.8, 4) is 0 Å². The third kappa shape index (κ3) is 1.27. The molecule has 0 unspecified atom stereocenters. The Morgan fingerprint density at radius 2 is 1.83 bits per heavy atom. The number of rotatable bonds is 0. The third-order valence-electron chi connectivity index (χ3n) is 2.07. The molecule has 0 nitrogen and oxygen atoms in total. The van der Waals surface area contributed by atoms with Crippen molar-refractivity contribution in [3.63, 3.8) is 0 Å². The van der Waals surface area contributed by atoms with Crippen molar-refractivity contribution in [1.82, 2.24) is 0 Å². The summed E-state index contributed by atoms with van der Waals surface area (Å²) >= 11 is 4.26. The molecule has 0 spiro atoms. The van der Waals surface area contributed by atoms with Crippen LogP contribution in [0.15, 0.2) is 18.2 Å². The zero-order valence-corrected chi connectivity index (χ0v) is 9.99. The van der Waals surface area contributed by atoms with Crippen LogP contribution in [0.5, 0.6) is 0 Å². The second-order valence-electron chi connectivity index (χ2n) is 2.99. The molecule has 2 heteroatoms. The number of halogens is 1. The molecule has 0 atom stereocenters. The smallest absolute Gasteiger partial charge is 0.0666 e. The first-order valence-corrected chi connectivity index (χ1v) is 5.73. The van der Waals surface area contributed by atoms with Gasteiger partial charge in [0, 0.05) is 4.70 Å². The fourth-order valence-corrected chi connectivity index (χ4v) is 3.26. The van der Waals surface area contributed by atoms with Crippen molar-refractivity contribution in [2.24, 2.45) is 0 Å². The van der Waals surface area contributed by atoms with Crippen molar-refractivity contribution in [1.29, 1.82) is 0 Å². The Bertz CT molecular complexity index is 390. The van der Waals surface area contributed by atoms with Crippen LogP contribution in [0, 0.1) is 16.7 Å². The minimum absolute atomic E-state index is 1.38. The molecule has 0 saturated carbocycles. The number of aryl methyl sites for hydroxylation is 2. The zero-order valence-electron chi connectivity index (χ0n) is 7.02. The first kappa shape index (κ1) is 8.51. The standard InChI is InChI=1S/C10H9IS/c1-6-3-4-7(2)10-8(6)5-9(11)12-10/h3-5H,1-2H3. The Balaban J connectivity index is 2.93. The first-order valence-electron chi connectivity index (χ1n) is 3.84. The van der Waals surface area contributed by atoms with Gasteiger partial charge in [0.1, 0.15) is 0 Å². The lowest BCUT2D eigenvalue weighted by atomic mass is 10.1. The van der Waals surface area contributed by atoms with Crippen LogP contribution in [0.3, 0.4) is 0 Å². The minimum Gasteiger partial charge on any atom is -0.129 e. The molecule has 2 aromatic rings. The summed E-state index contributed by atoms with van der Waals surface area (Å²) in [6.07, 6.45) is 0. The number of hydrogen-bond donors (Lipinski definition) is 0. The van der Waals surface area contributed by atoms with Gasteiger partial charge in [0.2, 0.25) is 0 Å². The normalized spacial score (nSPS) is 10.9. The molecular formula is C10H9IS. The van der Waals surface area contributed by atoms with Crippen LogP contribution in [-0.4, -0.2) is 0 Å². The Morgan fingerprint density at radius 1 is 1.17 bits per heavy atom. The number of thiophene rings is 1. The molecule has 0 radical (unpaired) electrons. The van der Waals surface area contributed by atoms with Crippen LogP contribution < -0.4 is 0 Å². The molecule has 0 N–H and O–H groups in total.